The highest BCUT2D eigenvalue weighted by molar-refractivity contribution is 6.30. The number of ether oxygens (including phenoxy) is 1. The van der Waals surface area contributed by atoms with Gasteiger partial charge in [0.15, 0.2) is 0 Å². The zero-order valence-electron chi connectivity index (χ0n) is 12.4. The SMILES string of the molecule is COC1CCCCC1(CN)N(C)Cc1cccc(Cl)c1. The molecule has 1 fully saturated rings. The Balaban J connectivity index is 2.17. The Bertz CT molecular complexity index is 440. The van der Waals surface area contributed by atoms with Crippen molar-refractivity contribution in [2.75, 3.05) is 20.7 Å². The van der Waals surface area contributed by atoms with Gasteiger partial charge in [0.2, 0.25) is 0 Å². The maximum absolute atomic E-state index is 6.14. The smallest absolute Gasteiger partial charge is 0.0767 e. The van der Waals surface area contributed by atoms with E-state index in [1.807, 2.05) is 18.2 Å². The first-order chi connectivity index (χ1) is 9.62. The Hall–Kier alpha value is -0.610. The van der Waals surface area contributed by atoms with Crippen LogP contribution in [0.5, 0.6) is 0 Å². The Morgan fingerprint density at radius 1 is 1.45 bits per heavy atom. The van der Waals surface area contributed by atoms with Crippen molar-refractivity contribution in [2.24, 2.45) is 5.73 Å². The second kappa shape index (κ2) is 6.90. The van der Waals surface area contributed by atoms with Gasteiger partial charge < -0.3 is 10.5 Å². The number of hydrogen-bond acceptors (Lipinski definition) is 3. The number of nitrogens with two attached hydrogens (primary N) is 1. The molecule has 0 radical (unpaired) electrons. The summed E-state index contributed by atoms with van der Waals surface area (Å²) < 4.78 is 5.73. The first-order valence-corrected chi connectivity index (χ1v) is 7.69. The number of halogens is 1. The Labute approximate surface area is 127 Å². The molecule has 3 nitrogen and oxygen atoms in total. The fourth-order valence-corrected chi connectivity index (χ4v) is 3.63. The number of methoxy groups -OCH3 is 1. The first kappa shape index (κ1) is 15.8. The minimum absolute atomic E-state index is 0.0602. The average Bonchev–Trinajstić information content (AvgIpc) is 2.46. The molecule has 2 atom stereocenters. The van der Waals surface area contributed by atoms with Gasteiger partial charge in [0.05, 0.1) is 11.6 Å². The maximum atomic E-state index is 6.14. The van der Waals surface area contributed by atoms with E-state index in [4.69, 9.17) is 22.1 Å². The standard InChI is InChI=1S/C16H25ClN2O/c1-19(11-13-6-5-7-14(17)10-13)16(12-18)9-4-3-8-15(16)20-2/h5-7,10,15H,3-4,8-9,11-12,18H2,1-2H3. The van der Waals surface area contributed by atoms with Gasteiger partial charge in [-0.1, -0.05) is 36.6 Å². The van der Waals surface area contributed by atoms with Crippen LogP contribution in [0.4, 0.5) is 0 Å². The second-order valence-corrected chi connectivity index (χ2v) is 6.20. The number of hydrogen-bond donors (Lipinski definition) is 1. The summed E-state index contributed by atoms with van der Waals surface area (Å²) in [6.07, 6.45) is 4.85. The molecular formula is C16H25ClN2O. The average molecular weight is 297 g/mol. The van der Waals surface area contributed by atoms with Crippen molar-refractivity contribution in [1.82, 2.24) is 4.90 Å². The van der Waals surface area contributed by atoms with Crippen LogP contribution in [0.1, 0.15) is 31.2 Å². The zero-order valence-corrected chi connectivity index (χ0v) is 13.2. The lowest BCUT2D eigenvalue weighted by Crippen LogP contribution is -2.61. The van der Waals surface area contributed by atoms with Crippen molar-refractivity contribution in [3.63, 3.8) is 0 Å². The summed E-state index contributed by atoms with van der Waals surface area (Å²) in [6.45, 7) is 1.47. The normalized spacial score (nSPS) is 26.9. The number of likely N-dealkylation sites (N-methyl/N-ethyl adjacent to an activating group) is 1. The van der Waals surface area contributed by atoms with Gasteiger partial charge in [-0.05, 0) is 37.6 Å². The molecule has 112 valence electrons. The molecule has 2 rings (SSSR count). The van der Waals surface area contributed by atoms with Crippen LogP contribution in [0.15, 0.2) is 24.3 Å². The van der Waals surface area contributed by atoms with E-state index in [2.05, 4.69) is 18.0 Å². The van der Waals surface area contributed by atoms with Crippen LogP contribution in [-0.2, 0) is 11.3 Å². The molecule has 1 aromatic rings. The summed E-state index contributed by atoms with van der Waals surface area (Å²) in [7, 11) is 3.94. The molecule has 0 spiro atoms. The lowest BCUT2D eigenvalue weighted by molar-refractivity contribution is -0.0688. The minimum atomic E-state index is -0.0602. The highest BCUT2D eigenvalue weighted by Gasteiger charge is 2.43. The fourth-order valence-electron chi connectivity index (χ4n) is 3.42. The molecule has 0 bridgehead atoms. The molecule has 20 heavy (non-hydrogen) atoms. The summed E-state index contributed by atoms with van der Waals surface area (Å²) in [5.74, 6) is 0. The quantitative estimate of drug-likeness (QED) is 0.907. The topological polar surface area (TPSA) is 38.5 Å². The lowest BCUT2D eigenvalue weighted by Gasteiger charge is -2.48. The first-order valence-electron chi connectivity index (χ1n) is 7.31. The van der Waals surface area contributed by atoms with Gasteiger partial charge in [-0.15, -0.1) is 0 Å². The molecule has 0 aromatic heterocycles. The van der Waals surface area contributed by atoms with E-state index in [1.165, 1.54) is 18.4 Å². The highest BCUT2D eigenvalue weighted by atomic mass is 35.5. The van der Waals surface area contributed by atoms with Gasteiger partial charge >= 0.3 is 0 Å². The van der Waals surface area contributed by atoms with Crippen LogP contribution in [0.2, 0.25) is 5.02 Å². The molecule has 1 saturated carbocycles. The fraction of sp³-hybridized carbons (Fsp3) is 0.625. The summed E-state index contributed by atoms with van der Waals surface area (Å²) >= 11 is 6.07. The lowest BCUT2D eigenvalue weighted by atomic mass is 9.77. The maximum Gasteiger partial charge on any atom is 0.0767 e. The van der Waals surface area contributed by atoms with Gasteiger partial charge in [0, 0.05) is 25.2 Å². The van der Waals surface area contributed by atoms with E-state index in [1.54, 1.807) is 7.11 Å². The van der Waals surface area contributed by atoms with Gasteiger partial charge in [-0.3, -0.25) is 4.90 Å². The van der Waals surface area contributed by atoms with E-state index in [-0.39, 0.29) is 11.6 Å². The third-order valence-electron chi connectivity index (χ3n) is 4.63. The monoisotopic (exact) mass is 296 g/mol. The largest absolute Gasteiger partial charge is 0.379 e. The van der Waals surface area contributed by atoms with Crippen LogP contribution in [0, 0.1) is 0 Å². The Morgan fingerprint density at radius 2 is 2.25 bits per heavy atom. The number of benzene rings is 1. The van der Waals surface area contributed by atoms with Gasteiger partial charge in [-0.2, -0.15) is 0 Å². The van der Waals surface area contributed by atoms with Crippen molar-refractivity contribution in [2.45, 2.75) is 43.9 Å². The molecular weight excluding hydrogens is 272 g/mol. The molecule has 2 N–H and O–H groups in total. The van der Waals surface area contributed by atoms with Gasteiger partial charge in [0.1, 0.15) is 0 Å². The molecule has 1 aromatic carbocycles. The van der Waals surface area contributed by atoms with Gasteiger partial charge in [0.25, 0.3) is 0 Å². The van der Waals surface area contributed by atoms with E-state index in [0.29, 0.717) is 6.54 Å². The minimum Gasteiger partial charge on any atom is -0.379 e. The molecule has 0 aliphatic heterocycles. The van der Waals surface area contributed by atoms with E-state index in [9.17, 15) is 0 Å². The van der Waals surface area contributed by atoms with Crippen molar-refractivity contribution in [3.8, 4) is 0 Å². The Kier molecular flexibility index (Phi) is 5.44. The summed E-state index contributed by atoms with van der Waals surface area (Å²) in [5.41, 5.74) is 7.30. The van der Waals surface area contributed by atoms with Crippen LogP contribution in [0.25, 0.3) is 0 Å². The number of rotatable bonds is 5. The number of nitrogens with zero attached hydrogens (tertiary/aromatic N) is 1. The molecule has 1 aliphatic rings. The predicted octanol–water partition coefficient (Wildman–Crippen LogP) is 3.06. The molecule has 0 saturated heterocycles. The Morgan fingerprint density at radius 3 is 2.90 bits per heavy atom. The van der Waals surface area contributed by atoms with E-state index in [0.717, 1.165) is 24.4 Å². The van der Waals surface area contributed by atoms with Crippen LogP contribution in [-0.4, -0.2) is 37.2 Å². The third-order valence-corrected chi connectivity index (χ3v) is 4.87. The molecule has 0 amide bonds. The summed E-state index contributed by atoms with van der Waals surface area (Å²) in [6, 6.07) is 8.03. The van der Waals surface area contributed by atoms with Crippen molar-refractivity contribution >= 4 is 11.6 Å². The van der Waals surface area contributed by atoms with Crippen LogP contribution in [0.3, 0.4) is 0 Å². The van der Waals surface area contributed by atoms with Crippen LogP contribution >= 0.6 is 11.6 Å². The second-order valence-electron chi connectivity index (χ2n) is 5.76. The molecule has 0 heterocycles. The summed E-state index contributed by atoms with van der Waals surface area (Å²) in [4.78, 5) is 2.35. The zero-order chi connectivity index (χ0) is 14.6. The van der Waals surface area contributed by atoms with Gasteiger partial charge in [-0.25, -0.2) is 0 Å². The highest BCUT2D eigenvalue weighted by Crippen LogP contribution is 2.35. The van der Waals surface area contributed by atoms with Crippen molar-refractivity contribution in [3.05, 3.63) is 34.9 Å². The molecule has 2 unspecified atom stereocenters. The third kappa shape index (κ3) is 3.17. The van der Waals surface area contributed by atoms with E-state index >= 15 is 0 Å². The molecule has 4 heteroatoms. The van der Waals surface area contributed by atoms with Crippen LogP contribution < -0.4 is 5.73 Å². The summed E-state index contributed by atoms with van der Waals surface area (Å²) in [5, 5.41) is 0.782. The van der Waals surface area contributed by atoms with Crippen molar-refractivity contribution < 1.29 is 4.74 Å². The van der Waals surface area contributed by atoms with E-state index < -0.39 is 0 Å². The van der Waals surface area contributed by atoms with Crippen molar-refractivity contribution in [1.29, 1.82) is 0 Å². The molecule has 1 aliphatic carbocycles. The predicted molar refractivity (Wildman–Crippen MR) is 84.0 cm³/mol.